The molecule has 1 unspecified atom stereocenters. The lowest BCUT2D eigenvalue weighted by Crippen LogP contribution is -2.29. The minimum absolute atomic E-state index is 0.0804. The first-order valence-corrected chi connectivity index (χ1v) is 40.0. The minimum Gasteiger partial charge on any atom is -0.310 e. The maximum atomic E-state index is 9.72. The highest BCUT2D eigenvalue weighted by molar-refractivity contribution is 7.26. The molecule has 17 aromatic carbocycles. The van der Waals surface area contributed by atoms with Crippen LogP contribution in [0.2, 0.25) is 0 Å². The summed E-state index contributed by atoms with van der Waals surface area (Å²) in [4.78, 5) is 4.82. The van der Waals surface area contributed by atoms with E-state index in [9.17, 15) is 8.22 Å². The molecule has 4 nitrogen and oxygen atoms in total. The molecule has 532 valence electrons. The molecule has 0 amide bonds. The molecular formula is C107H72N4S2. The van der Waals surface area contributed by atoms with Gasteiger partial charge in [-0.25, -0.2) is 0 Å². The largest absolute Gasteiger partial charge is 0.310 e. The summed E-state index contributed by atoms with van der Waals surface area (Å²) in [7, 11) is 0. The molecule has 4 aromatic heterocycles. The van der Waals surface area contributed by atoms with Crippen LogP contribution in [-0.4, -0.2) is 9.13 Å². The molecule has 0 spiro atoms. The smallest absolute Gasteiger partial charge is 0.0638 e. The topological polar surface area (TPSA) is 16.3 Å². The first-order valence-electron chi connectivity index (χ1n) is 42.9. The summed E-state index contributed by atoms with van der Waals surface area (Å²) in [6.07, 6.45) is 0. The van der Waals surface area contributed by atoms with E-state index in [0.717, 1.165) is 172 Å². The van der Waals surface area contributed by atoms with E-state index in [1.54, 1.807) is 0 Å². The number of fused-ring (bicyclic) bond motifs is 16. The van der Waals surface area contributed by atoms with E-state index in [-0.39, 0.29) is 47.2 Å². The third-order valence-corrected chi connectivity index (χ3v) is 25.8. The molecule has 6 heterocycles. The monoisotopic (exact) mass is 1490 g/mol. The number of para-hydroxylation sites is 4. The van der Waals surface area contributed by atoms with Crippen LogP contribution in [0.5, 0.6) is 0 Å². The fourth-order valence-corrected chi connectivity index (χ4v) is 20.8. The number of aromatic nitrogens is 2. The van der Waals surface area contributed by atoms with E-state index in [1.807, 2.05) is 35.6 Å². The molecule has 0 saturated heterocycles. The first-order chi connectivity index (χ1) is 59.4. The number of hydrogen-bond donors (Lipinski definition) is 0. The molecular weight excluding hydrogens is 1410 g/mol. The van der Waals surface area contributed by atoms with Crippen molar-refractivity contribution in [3.63, 3.8) is 0 Å². The third kappa shape index (κ3) is 10.1. The minimum atomic E-state index is -0.563. The van der Waals surface area contributed by atoms with Gasteiger partial charge in [0.25, 0.3) is 0 Å². The summed E-state index contributed by atoms with van der Waals surface area (Å²) in [5.74, 6) is -0.563. The van der Waals surface area contributed by atoms with Crippen molar-refractivity contribution in [1.29, 1.82) is 0 Å². The zero-order chi connectivity index (χ0) is 82.6. The molecule has 2 aliphatic heterocycles. The van der Waals surface area contributed by atoms with Crippen molar-refractivity contribution in [2.75, 3.05) is 9.80 Å². The van der Waals surface area contributed by atoms with Crippen molar-refractivity contribution in [3.8, 4) is 78.1 Å². The van der Waals surface area contributed by atoms with Gasteiger partial charge >= 0.3 is 0 Å². The Labute approximate surface area is 676 Å². The second kappa shape index (κ2) is 25.5. The number of nitrogens with zero attached hydrogens (tertiary/aromatic N) is 4. The van der Waals surface area contributed by atoms with E-state index >= 15 is 0 Å². The predicted molar refractivity (Wildman–Crippen MR) is 483 cm³/mol. The second-order valence-electron chi connectivity index (χ2n) is 30.7. The molecule has 0 bridgehead atoms. The standard InChI is InChI=1S/C107H72N4S2/c1-107(2,3)72-54-58-74(59-55-72)108-92-61-53-70(101-80(81-38-25-49-100-103(81)86-35-15-21-48-99(86)112-100)36-23-45-93(101)110-88-41-16-10-30-75(88)76-31-11-17-42-89(76)110)62-87(92)104-85-60-52-69(67-28-8-5-9-29-67)63-95(85)109(73-56-50-68(51-57-73)66-26-6-4-7-27-66)97-65-71(64-96(108)105(97)104)102-82(84-40-22-39-83-79-34-14-20-47-98(79)113-106(83)84)37-24-46-94(102)111-90-43-18-12-32-77(90)78-33-13-19-44-91(78)111/h4-65,104H,1-3H3/i5D,8D,9D,14D,20D,28D,29D,34D,47D. The van der Waals surface area contributed by atoms with Gasteiger partial charge in [0.15, 0.2) is 0 Å². The van der Waals surface area contributed by atoms with Crippen molar-refractivity contribution in [1.82, 2.24) is 9.13 Å². The molecule has 21 aromatic rings. The number of anilines is 6. The van der Waals surface area contributed by atoms with Crippen LogP contribution < -0.4 is 9.80 Å². The molecule has 23 rings (SSSR count). The van der Waals surface area contributed by atoms with Crippen molar-refractivity contribution in [2.45, 2.75) is 32.1 Å². The van der Waals surface area contributed by atoms with Crippen LogP contribution >= 0.6 is 22.7 Å². The van der Waals surface area contributed by atoms with E-state index in [4.69, 9.17) is 4.11 Å². The second-order valence-corrected chi connectivity index (χ2v) is 32.8. The highest BCUT2D eigenvalue weighted by Crippen LogP contribution is 2.64. The molecule has 1 atom stereocenters. The van der Waals surface area contributed by atoms with Crippen molar-refractivity contribution >= 4 is 141 Å². The number of hydrogen-bond acceptors (Lipinski definition) is 4. The lowest BCUT2D eigenvalue weighted by molar-refractivity contribution is 0.590. The van der Waals surface area contributed by atoms with Crippen LogP contribution in [0.25, 0.3) is 162 Å². The van der Waals surface area contributed by atoms with Crippen LogP contribution in [0.4, 0.5) is 34.1 Å². The summed E-state index contributed by atoms with van der Waals surface area (Å²) < 4.78 is 92.2. The number of rotatable bonds is 10. The molecule has 0 aliphatic carbocycles. The molecule has 6 heteroatoms. The maximum Gasteiger partial charge on any atom is 0.0638 e. The van der Waals surface area contributed by atoms with Crippen LogP contribution in [0, 0.1) is 0 Å². The molecule has 113 heavy (non-hydrogen) atoms. The normalized spacial score (nSPS) is 14.4. The highest BCUT2D eigenvalue weighted by atomic mass is 32.1. The lowest BCUT2D eigenvalue weighted by Gasteiger charge is -2.46. The van der Waals surface area contributed by atoms with E-state index < -0.39 is 24.0 Å². The van der Waals surface area contributed by atoms with Crippen LogP contribution in [0.3, 0.4) is 0 Å². The molecule has 0 radical (unpaired) electrons. The third-order valence-electron chi connectivity index (χ3n) is 23.5. The Morgan fingerprint density at radius 1 is 0.292 bits per heavy atom. The van der Waals surface area contributed by atoms with Gasteiger partial charge in [0.1, 0.15) is 0 Å². The SMILES string of the molecule is [2H]c1c([2H])c([2H])c(-c2ccc3c(c2)N(c2ccc(-c4ccccc4)cc2)c2cc(-c4c(-c5cccc6c5sc5c([2H])c([2H])c([2H])c([2H])c56)cccc4-n4c5ccccc5c5ccccc54)cc4c2C3c2cc(-c3c(-c5cccc6sc7ccccc7c56)cccc3-n3c5ccccc5c5ccccc53)ccc2N4c2ccc(C(C)(C)C)cc2)c([2H])c1[2H]. The summed E-state index contributed by atoms with van der Waals surface area (Å²) in [5, 5.41) is 8.04. The van der Waals surface area contributed by atoms with Crippen LogP contribution in [0.15, 0.2) is 376 Å². The van der Waals surface area contributed by atoms with Gasteiger partial charge in [-0.1, -0.05) is 287 Å². The van der Waals surface area contributed by atoms with Gasteiger partial charge in [-0.15, -0.1) is 22.7 Å². The maximum absolute atomic E-state index is 9.72. The Hall–Kier alpha value is -13.6. The van der Waals surface area contributed by atoms with Crippen molar-refractivity contribution in [3.05, 3.63) is 398 Å². The van der Waals surface area contributed by atoms with Gasteiger partial charge in [-0.3, -0.25) is 0 Å². The molecule has 0 fully saturated rings. The molecule has 0 N–H and O–H groups in total. The van der Waals surface area contributed by atoms with E-state index in [2.05, 4.69) is 337 Å². The number of benzene rings is 17. The van der Waals surface area contributed by atoms with Gasteiger partial charge in [0, 0.05) is 101 Å². The summed E-state index contributed by atoms with van der Waals surface area (Å²) in [6, 6.07) is 113. The number of thiophene rings is 2. The van der Waals surface area contributed by atoms with E-state index in [0.29, 0.717) is 15.6 Å². The first kappa shape index (κ1) is 56.6. The fraction of sp³-hybridized carbons (Fsp3) is 0.0467. The highest BCUT2D eigenvalue weighted by Gasteiger charge is 2.43. The van der Waals surface area contributed by atoms with E-state index in [1.165, 1.54) is 37.1 Å². The molecule has 0 saturated carbocycles. The summed E-state index contributed by atoms with van der Waals surface area (Å²) in [5.41, 5.74) is 25.4. The zero-order valence-electron chi connectivity index (χ0n) is 70.8. The quantitative estimate of drug-likeness (QED) is 0.136. The van der Waals surface area contributed by atoms with Gasteiger partial charge in [-0.05, 0) is 181 Å². The Bertz CT molecular complexity index is 7940. The Kier molecular flexibility index (Phi) is 12.8. The lowest BCUT2D eigenvalue weighted by atomic mass is 9.73. The van der Waals surface area contributed by atoms with Crippen molar-refractivity contribution < 1.29 is 12.3 Å². The average Bonchev–Trinajstić information content (AvgIpc) is 0.984. The van der Waals surface area contributed by atoms with Crippen molar-refractivity contribution in [2.24, 2.45) is 0 Å². The Morgan fingerprint density at radius 3 is 1.43 bits per heavy atom. The Balaban J connectivity index is 0.879. The summed E-state index contributed by atoms with van der Waals surface area (Å²) >= 11 is 3.20. The van der Waals surface area contributed by atoms with Crippen LogP contribution in [0.1, 0.15) is 61.3 Å². The van der Waals surface area contributed by atoms with Gasteiger partial charge in [0.2, 0.25) is 0 Å². The van der Waals surface area contributed by atoms with Gasteiger partial charge in [-0.2, -0.15) is 0 Å². The average molecular weight is 1490 g/mol. The fourth-order valence-electron chi connectivity index (χ4n) is 18.5. The predicted octanol–water partition coefficient (Wildman–Crippen LogP) is 30.7. The Morgan fingerprint density at radius 2 is 0.779 bits per heavy atom. The zero-order valence-corrected chi connectivity index (χ0v) is 63.4. The van der Waals surface area contributed by atoms with Gasteiger partial charge < -0.3 is 18.9 Å². The molecule has 2 aliphatic rings. The van der Waals surface area contributed by atoms with Crippen LogP contribution in [-0.2, 0) is 5.41 Å². The summed E-state index contributed by atoms with van der Waals surface area (Å²) in [6.45, 7) is 6.75. The van der Waals surface area contributed by atoms with Gasteiger partial charge in [0.05, 0.1) is 68.5 Å².